The van der Waals surface area contributed by atoms with Gasteiger partial charge in [0.2, 0.25) is 0 Å². The molecule has 1 nitrogen and oxygen atoms in total. The maximum absolute atomic E-state index is 2.48. The minimum Gasteiger partial charge on any atom is -0.310 e. The van der Waals surface area contributed by atoms with Gasteiger partial charge in [-0.2, -0.15) is 0 Å². The topological polar surface area (TPSA) is 3.24 Å². The molecular weight excluding hydrogens is 699 g/mol. The second kappa shape index (κ2) is 13.9. The summed E-state index contributed by atoms with van der Waals surface area (Å²) in [5, 5.41) is 4.90. The third-order valence-electron chi connectivity index (χ3n) is 12.1. The van der Waals surface area contributed by atoms with Gasteiger partial charge in [0.25, 0.3) is 0 Å². The van der Waals surface area contributed by atoms with Gasteiger partial charge in [-0.15, -0.1) is 0 Å². The van der Waals surface area contributed by atoms with Crippen LogP contribution >= 0.6 is 0 Å². The summed E-state index contributed by atoms with van der Waals surface area (Å²) in [5.41, 5.74) is 15.3. The summed E-state index contributed by atoms with van der Waals surface area (Å²) < 4.78 is 0. The first-order valence-electron chi connectivity index (χ1n) is 20.1. The molecule has 0 atom stereocenters. The molecule has 11 rings (SSSR count). The zero-order valence-corrected chi connectivity index (χ0v) is 32.0. The Morgan fingerprint density at radius 3 is 1.67 bits per heavy atom. The van der Waals surface area contributed by atoms with E-state index >= 15 is 0 Å². The largest absolute Gasteiger partial charge is 0.310 e. The number of fused-ring (bicyclic) bond motifs is 5. The molecule has 0 unspecified atom stereocenters. The number of hydrogen-bond donors (Lipinski definition) is 0. The Labute approximate surface area is 339 Å². The molecule has 0 spiro atoms. The van der Waals surface area contributed by atoms with Crippen molar-refractivity contribution in [2.75, 3.05) is 4.90 Å². The van der Waals surface area contributed by atoms with E-state index in [0.29, 0.717) is 0 Å². The van der Waals surface area contributed by atoms with Crippen LogP contribution in [0.25, 0.3) is 54.9 Å². The maximum Gasteiger partial charge on any atom is 0.0714 e. The van der Waals surface area contributed by atoms with Crippen molar-refractivity contribution in [3.05, 3.63) is 259 Å². The van der Waals surface area contributed by atoms with Crippen molar-refractivity contribution in [3.63, 3.8) is 0 Å². The molecule has 1 aliphatic carbocycles. The van der Waals surface area contributed by atoms with Crippen LogP contribution in [-0.2, 0) is 5.41 Å². The number of hydrogen-bond acceptors (Lipinski definition) is 1. The molecule has 272 valence electrons. The maximum atomic E-state index is 2.48. The summed E-state index contributed by atoms with van der Waals surface area (Å²) in [7, 11) is 0. The molecule has 0 fully saturated rings. The highest BCUT2D eigenvalue weighted by Gasteiger charge is 2.46. The Morgan fingerprint density at radius 2 is 0.879 bits per heavy atom. The van der Waals surface area contributed by atoms with E-state index in [1.165, 1.54) is 77.2 Å². The van der Waals surface area contributed by atoms with E-state index in [0.717, 1.165) is 17.1 Å². The van der Waals surface area contributed by atoms with Crippen molar-refractivity contribution in [1.29, 1.82) is 0 Å². The van der Waals surface area contributed by atoms with Gasteiger partial charge in [0.1, 0.15) is 0 Å². The van der Waals surface area contributed by atoms with Crippen LogP contribution in [0.2, 0.25) is 0 Å². The molecular formula is C57H39N. The van der Waals surface area contributed by atoms with E-state index in [-0.39, 0.29) is 0 Å². The fourth-order valence-electron chi connectivity index (χ4n) is 9.55. The SMILES string of the molecule is c1ccc(-c2cccc(N(c3ccc4c(c3)C(c3ccccc3)(c3ccccc3)c3ccccc3-4)c3cccc4c(-c5ccc6ccccc6c5)cccc34)c2)cc1. The van der Waals surface area contributed by atoms with E-state index in [2.05, 4.69) is 241 Å². The molecule has 0 radical (unpaired) electrons. The third-order valence-corrected chi connectivity index (χ3v) is 12.1. The molecule has 1 aliphatic rings. The second-order valence-corrected chi connectivity index (χ2v) is 15.2. The van der Waals surface area contributed by atoms with Crippen molar-refractivity contribution in [2.24, 2.45) is 0 Å². The van der Waals surface area contributed by atoms with E-state index in [1.54, 1.807) is 0 Å². The molecule has 0 amide bonds. The average Bonchev–Trinajstić information content (AvgIpc) is 3.60. The van der Waals surface area contributed by atoms with Crippen LogP contribution in [0.15, 0.2) is 237 Å². The highest BCUT2D eigenvalue weighted by molar-refractivity contribution is 6.07. The lowest BCUT2D eigenvalue weighted by Crippen LogP contribution is -2.28. The second-order valence-electron chi connectivity index (χ2n) is 15.2. The van der Waals surface area contributed by atoms with Crippen LogP contribution in [0, 0.1) is 0 Å². The van der Waals surface area contributed by atoms with Crippen LogP contribution in [0.3, 0.4) is 0 Å². The lowest BCUT2D eigenvalue weighted by molar-refractivity contribution is 0.768. The van der Waals surface area contributed by atoms with Crippen LogP contribution in [-0.4, -0.2) is 0 Å². The van der Waals surface area contributed by atoms with Gasteiger partial charge in [-0.1, -0.05) is 200 Å². The van der Waals surface area contributed by atoms with Crippen molar-refractivity contribution >= 4 is 38.6 Å². The molecule has 10 aromatic carbocycles. The summed E-state index contributed by atoms with van der Waals surface area (Å²) in [6.07, 6.45) is 0. The molecule has 0 aliphatic heterocycles. The molecule has 0 saturated carbocycles. The predicted octanol–water partition coefficient (Wildman–Crippen LogP) is 15.2. The normalized spacial score (nSPS) is 12.6. The number of nitrogens with zero attached hydrogens (tertiary/aromatic N) is 1. The van der Waals surface area contributed by atoms with Gasteiger partial charge in [0, 0.05) is 16.8 Å². The molecule has 1 heteroatoms. The standard InChI is InChI=1S/C57H39N/c1-4-17-40(18-5-1)43-21-14-26-47(38-43)58(56-32-16-29-50-49(28-15-30-53(50)56)44-34-33-41-19-10-11-20-42(41)37-44)48-35-36-52-51-27-12-13-31-54(51)57(55(52)39-48,45-22-6-2-7-23-45)46-24-8-3-9-25-46/h1-39H. The number of rotatable bonds is 7. The van der Waals surface area contributed by atoms with Crippen molar-refractivity contribution in [3.8, 4) is 33.4 Å². The average molecular weight is 738 g/mol. The fraction of sp³-hybridized carbons (Fsp3) is 0.0175. The Morgan fingerprint density at radius 1 is 0.293 bits per heavy atom. The van der Waals surface area contributed by atoms with Gasteiger partial charge in [0.05, 0.1) is 11.1 Å². The van der Waals surface area contributed by atoms with E-state index in [1.807, 2.05) is 0 Å². The van der Waals surface area contributed by atoms with Crippen LogP contribution in [0.5, 0.6) is 0 Å². The Balaban J connectivity index is 1.18. The van der Waals surface area contributed by atoms with Crippen LogP contribution in [0.1, 0.15) is 22.3 Å². The first-order valence-corrected chi connectivity index (χ1v) is 20.1. The summed E-state index contributed by atoms with van der Waals surface area (Å²) in [6, 6.07) is 86.9. The highest BCUT2D eigenvalue weighted by atomic mass is 15.1. The number of benzene rings is 10. The Hall–Kier alpha value is -7.48. The Bertz CT molecular complexity index is 3070. The fourth-order valence-corrected chi connectivity index (χ4v) is 9.55. The quantitative estimate of drug-likeness (QED) is 0.157. The van der Waals surface area contributed by atoms with Gasteiger partial charge in [-0.3, -0.25) is 0 Å². The van der Waals surface area contributed by atoms with Crippen molar-refractivity contribution < 1.29 is 0 Å². The minimum absolute atomic E-state index is 0.510. The summed E-state index contributed by atoms with van der Waals surface area (Å²) in [4.78, 5) is 2.48. The molecule has 0 N–H and O–H groups in total. The van der Waals surface area contributed by atoms with Crippen molar-refractivity contribution in [1.82, 2.24) is 0 Å². The molecule has 10 aromatic rings. The van der Waals surface area contributed by atoms with Gasteiger partial charge in [-0.25, -0.2) is 0 Å². The third kappa shape index (κ3) is 5.39. The summed E-state index contributed by atoms with van der Waals surface area (Å²) >= 11 is 0. The van der Waals surface area contributed by atoms with Crippen LogP contribution in [0.4, 0.5) is 17.1 Å². The molecule has 0 aromatic heterocycles. The summed E-state index contributed by atoms with van der Waals surface area (Å²) in [5.74, 6) is 0. The molecule has 0 saturated heterocycles. The smallest absolute Gasteiger partial charge is 0.0714 e. The molecule has 58 heavy (non-hydrogen) atoms. The van der Waals surface area contributed by atoms with Gasteiger partial charge < -0.3 is 4.90 Å². The Kier molecular flexibility index (Phi) is 8.12. The summed E-state index contributed by atoms with van der Waals surface area (Å²) in [6.45, 7) is 0. The van der Waals surface area contributed by atoms with E-state index in [9.17, 15) is 0 Å². The minimum atomic E-state index is -0.510. The predicted molar refractivity (Wildman–Crippen MR) is 244 cm³/mol. The first kappa shape index (κ1) is 33.8. The van der Waals surface area contributed by atoms with Gasteiger partial charge in [-0.05, 0) is 108 Å². The van der Waals surface area contributed by atoms with Crippen LogP contribution < -0.4 is 4.90 Å². The van der Waals surface area contributed by atoms with Gasteiger partial charge >= 0.3 is 0 Å². The number of anilines is 3. The lowest BCUT2D eigenvalue weighted by atomic mass is 9.67. The highest BCUT2D eigenvalue weighted by Crippen LogP contribution is 2.57. The zero-order chi connectivity index (χ0) is 38.5. The molecule has 0 heterocycles. The lowest BCUT2D eigenvalue weighted by Gasteiger charge is -2.35. The molecule has 0 bridgehead atoms. The van der Waals surface area contributed by atoms with Crippen molar-refractivity contribution in [2.45, 2.75) is 5.41 Å². The van der Waals surface area contributed by atoms with Gasteiger partial charge in [0.15, 0.2) is 0 Å². The zero-order valence-electron chi connectivity index (χ0n) is 32.0. The van der Waals surface area contributed by atoms with E-state index < -0.39 is 5.41 Å². The van der Waals surface area contributed by atoms with E-state index in [4.69, 9.17) is 0 Å². The first-order chi connectivity index (χ1) is 28.8. The monoisotopic (exact) mass is 737 g/mol.